The van der Waals surface area contributed by atoms with Crippen LogP contribution in [0.15, 0.2) is 24.3 Å². The van der Waals surface area contributed by atoms with E-state index in [1.54, 1.807) is 7.11 Å². The van der Waals surface area contributed by atoms with E-state index in [9.17, 15) is 0 Å². The van der Waals surface area contributed by atoms with Gasteiger partial charge in [-0.1, -0.05) is 88.3 Å². The number of hydrogen-bond donors (Lipinski definition) is 0. The molecule has 0 fully saturated rings. The molecule has 252 valence electrons. The van der Waals surface area contributed by atoms with Gasteiger partial charge in [0.05, 0.1) is 32.5 Å². The van der Waals surface area contributed by atoms with Crippen LogP contribution < -0.4 is 4.74 Å². The summed E-state index contributed by atoms with van der Waals surface area (Å²) in [4.78, 5) is 0. The lowest BCUT2D eigenvalue weighted by Crippen LogP contribution is -2.53. The summed E-state index contributed by atoms with van der Waals surface area (Å²) >= 11 is 0. The van der Waals surface area contributed by atoms with Crippen molar-refractivity contribution in [1.29, 1.82) is 0 Å². The van der Waals surface area contributed by atoms with Gasteiger partial charge in [-0.25, -0.2) is 0 Å². The van der Waals surface area contributed by atoms with Crippen molar-refractivity contribution in [3.05, 3.63) is 29.8 Å². The van der Waals surface area contributed by atoms with E-state index in [1.807, 2.05) is 12.1 Å². The number of rotatable bonds is 16. The predicted molar refractivity (Wildman–Crippen MR) is 193 cm³/mol. The van der Waals surface area contributed by atoms with E-state index in [2.05, 4.69) is 128 Å². The smallest absolute Gasteiger partial charge is 0.192 e. The van der Waals surface area contributed by atoms with Gasteiger partial charge in [-0.2, -0.15) is 0 Å². The summed E-state index contributed by atoms with van der Waals surface area (Å²) in [7, 11) is -4.29. The maximum atomic E-state index is 7.29. The van der Waals surface area contributed by atoms with E-state index in [1.165, 1.54) is 0 Å². The summed E-state index contributed by atoms with van der Waals surface area (Å²) in [6.45, 7) is 41.6. The first-order valence-electron chi connectivity index (χ1n) is 16.5. The number of benzene rings is 1. The molecule has 1 rings (SSSR count). The third kappa shape index (κ3) is 12.0. The Labute approximate surface area is 270 Å². The zero-order chi connectivity index (χ0) is 33.7. The number of methoxy groups -OCH3 is 1. The zero-order valence-corrected chi connectivity index (χ0v) is 34.5. The molecule has 5 nitrogen and oxygen atoms in total. The predicted octanol–water partition coefficient (Wildman–Crippen LogP) is 10.7. The quantitative estimate of drug-likeness (QED) is 0.166. The average Bonchev–Trinajstić information content (AvgIpc) is 2.84. The minimum absolute atomic E-state index is 0.0133. The largest absolute Gasteiger partial charge is 0.497 e. The SMILES string of the molecule is COc1ccc(COC[C@H](C)[C@@H](O[Si](C)(C)C(C)(C)C)[C@@H](C)[C@H](CCO[Si](C)(C)C(C)(C)C)O[Si](C)(C)C(C)(C)C)cc1. The minimum Gasteiger partial charge on any atom is -0.497 e. The zero-order valence-electron chi connectivity index (χ0n) is 31.5. The van der Waals surface area contributed by atoms with Crippen molar-refractivity contribution in [1.82, 2.24) is 0 Å². The van der Waals surface area contributed by atoms with Crippen LogP contribution in [0.4, 0.5) is 0 Å². The van der Waals surface area contributed by atoms with Crippen molar-refractivity contribution >= 4 is 25.0 Å². The standard InChI is InChI=1S/C35H70O5Si3/c1-27(25-37-26-29-19-21-30(36-12)22-20-29)32(40-43(17,18)35(9,10)11)28(2)31(39-42(15,16)34(6,7)8)23-24-38-41(13,14)33(3,4)5/h19-22,27-28,31-32H,23-26H2,1-18H3/t27-,28-,31-,32+/m0/s1. The highest BCUT2D eigenvalue weighted by atomic mass is 28.4. The van der Waals surface area contributed by atoms with E-state index >= 15 is 0 Å². The molecule has 8 heteroatoms. The second kappa shape index (κ2) is 15.4. The summed E-state index contributed by atoms with van der Waals surface area (Å²) in [5.74, 6) is 1.25. The van der Waals surface area contributed by atoms with Gasteiger partial charge in [0.15, 0.2) is 25.0 Å². The van der Waals surface area contributed by atoms with Gasteiger partial charge >= 0.3 is 0 Å². The lowest BCUT2D eigenvalue weighted by atomic mass is 9.88. The normalized spacial score (nSPS) is 17.0. The van der Waals surface area contributed by atoms with Crippen molar-refractivity contribution < 1.29 is 22.8 Å². The Balaban J connectivity index is 3.31. The Bertz CT molecular complexity index is 956. The van der Waals surface area contributed by atoms with Gasteiger partial charge in [0, 0.05) is 18.4 Å². The molecule has 0 aliphatic rings. The third-order valence-corrected chi connectivity index (χ3v) is 24.2. The summed E-state index contributed by atoms with van der Waals surface area (Å²) in [6, 6.07) is 8.12. The number of hydrogen-bond acceptors (Lipinski definition) is 5. The molecule has 0 N–H and O–H groups in total. The molecule has 0 spiro atoms. The van der Waals surface area contributed by atoms with E-state index < -0.39 is 25.0 Å². The molecule has 0 saturated carbocycles. The minimum atomic E-state index is -2.07. The second-order valence-corrected chi connectivity index (χ2v) is 31.7. The highest BCUT2D eigenvalue weighted by Crippen LogP contribution is 2.43. The van der Waals surface area contributed by atoms with Gasteiger partial charge in [0.1, 0.15) is 5.75 Å². The molecule has 43 heavy (non-hydrogen) atoms. The summed E-state index contributed by atoms with van der Waals surface area (Å²) < 4.78 is 32.9. The maximum Gasteiger partial charge on any atom is 0.192 e. The van der Waals surface area contributed by atoms with E-state index in [0.717, 1.165) is 24.3 Å². The van der Waals surface area contributed by atoms with E-state index in [-0.39, 0.29) is 39.2 Å². The van der Waals surface area contributed by atoms with Gasteiger partial charge in [0.2, 0.25) is 0 Å². The first-order valence-corrected chi connectivity index (χ1v) is 25.2. The molecule has 0 radical (unpaired) electrons. The van der Waals surface area contributed by atoms with Gasteiger partial charge < -0.3 is 22.8 Å². The average molecular weight is 655 g/mol. The Morgan fingerprint density at radius 3 is 1.58 bits per heavy atom. The van der Waals surface area contributed by atoms with Gasteiger partial charge in [-0.05, 0) is 78.5 Å². The molecule has 1 aromatic carbocycles. The van der Waals surface area contributed by atoms with Crippen molar-refractivity contribution in [3.63, 3.8) is 0 Å². The monoisotopic (exact) mass is 654 g/mol. The van der Waals surface area contributed by atoms with E-state index in [0.29, 0.717) is 13.2 Å². The molecule has 0 unspecified atom stereocenters. The van der Waals surface area contributed by atoms with Gasteiger partial charge in [-0.15, -0.1) is 0 Å². The van der Waals surface area contributed by atoms with Crippen molar-refractivity contribution in [2.24, 2.45) is 11.8 Å². The fourth-order valence-electron chi connectivity index (χ4n) is 4.28. The Kier molecular flexibility index (Phi) is 14.5. The van der Waals surface area contributed by atoms with E-state index in [4.69, 9.17) is 22.8 Å². The summed E-state index contributed by atoms with van der Waals surface area (Å²) in [5, 5.41) is 0.405. The highest BCUT2D eigenvalue weighted by Gasteiger charge is 2.46. The molecule has 4 atom stereocenters. The first-order chi connectivity index (χ1) is 19.3. The van der Waals surface area contributed by atoms with Crippen molar-refractivity contribution in [3.8, 4) is 5.75 Å². The van der Waals surface area contributed by atoms with Crippen LogP contribution in [0.2, 0.25) is 54.4 Å². The second-order valence-electron chi connectivity index (χ2n) is 17.4. The summed E-state index contributed by atoms with van der Waals surface area (Å²) in [5.41, 5.74) is 1.14. The molecular formula is C35H70O5Si3. The fraction of sp³-hybridized carbons (Fsp3) is 0.829. The fourth-order valence-corrected chi connectivity index (χ4v) is 8.27. The van der Waals surface area contributed by atoms with Gasteiger partial charge in [0.25, 0.3) is 0 Å². The third-order valence-electron chi connectivity index (χ3n) is 10.6. The van der Waals surface area contributed by atoms with Crippen LogP contribution in [-0.4, -0.2) is 57.5 Å². The van der Waals surface area contributed by atoms with Crippen molar-refractivity contribution in [2.45, 2.75) is 156 Å². The Morgan fingerprint density at radius 2 is 1.14 bits per heavy atom. The highest BCUT2D eigenvalue weighted by molar-refractivity contribution is 6.75. The molecular weight excluding hydrogens is 585 g/mol. The van der Waals surface area contributed by atoms with Crippen LogP contribution in [0.3, 0.4) is 0 Å². The molecule has 0 aromatic heterocycles. The van der Waals surface area contributed by atoms with Crippen LogP contribution in [0.5, 0.6) is 5.75 Å². The van der Waals surface area contributed by atoms with Gasteiger partial charge in [-0.3, -0.25) is 0 Å². The molecule has 0 bridgehead atoms. The number of ether oxygens (including phenoxy) is 2. The topological polar surface area (TPSA) is 46.2 Å². The Morgan fingerprint density at radius 1 is 0.674 bits per heavy atom. The molecule has 0 heterocycles. The molecule has 0 saturated heterocycles. The Hall–Kier alpha value is -0.489. The van der Waals surface area contributed by atoms with Crippen LogP contribution in [-0.2, 0) is 24.6 Å². The lowest BCUT2D eigenvalue weighted by Gasteiger charge is -2.47. The van der Waals surface area contributed by atoms with Crippen LogP contribution in [0, 0.1) is 11.8 Å². The van der Waals surface area contributed by atoms with Crippen molar-refractivity contribution in [2.75, 3.05) is 20.3 Å². The summed E-state index contributed by atoms with van der Waals surface area (Å²) in [6.07, 6.45) is 0.931. The van der Waals surface area contributed by atoms with Crippen LogP contribution >= 0.6 is 0 Å². The van der Waals surface area contributed by atoms with Crippen LogP contribution in [0.25, 0.3) is 0 Å². The first kappa shape index (κ1) is 40.5. The van der Waals surface area contributed by atoms with Crippen LogP contribution in [0.1, 0.15) is 88.1 Å². The molecule has 0 amide bonds. The lowest BCUT2D eigenvalue weighted by molar-refractivity contribution is -0.0287. The molecule has 0 aliphatic heterocycles. The maximum absolute atomic E-state index is 7.29. The molecule has 0 aliphatic carbocycles. The molecule has 1 aromatic rings.